The molecule has 0 bridgehead atoms. The zero-order valence-electron chi connectivity index (χ0n) is 19.8. The van der Waals surface area contributed by atoms with Gasteiger partial charge < -0.3 is 20.0 Å². The number of benzene rings is 2. The number of thiocarbonyl (C=S) groups is 1. The molecular weight excluding hydrogens is 488 g/mol. The first-order chi connectivity index (χ1) is 17.6. The van der Waals surface area contributed by atoms with Gasteiger partial charge in [0.15, 0.2) is 10.2 Å². The van der Waals surface area contributed by atoms with Gasteiger partial charge in [-0.3, -0.25) is 9.78 Å². The molecule has 2 atom stereocenters. The van der Waals surface area contributed by atoms with E-state index < -0.39 is 0 Å². The van der Waals surface area contributed by atoms with Crippen molar-refractivity contribution in [3.8, 4) is 0 Å². The van der Waals surface area contributed by atoms with Crippen molar-refractivity contribution in [1.82, 2.24) is 15.2 Å². The van der Waals surface area contributed by atoms with E-state index in [2.05, 4.69) is 46.8 Å². The average molecular weight is 515 g/mol. The van der Waals surface area contributed by atoms with Crippen LogP contribution in [0.5, 0.6) is 0 Å². The Morgan fingerprint density at radius 3 is 2.58 bits per heavy atom. The lowest BCUT2D eigenvalue weighted by Gasteiger charge is -2.25. The van der Waals surface area contributed by atoms with Crippen molar-refractivity contribution < 1.29 is 9.21 Å². The molecule has 6 nitrogen and oxygen atoms in total. The van der Waals surface area contributed by atoms with E-state index in [4.69, 9.17) is 16.6 Å². The first-order valence-corrected chi connectivity index (χ1v) is 13.0. The standard InChI is InChI=1S/C28H26N4O2S2/c1-19-10-12-21(13-11-19)36-25-15-14-23(34-25)27-26(22-9-5-6-17-29-22)31-28(35)32(27)18-16-24(33)30-20-7-3-2-4-8-20/h2-15,17,26-27H,16,18H2,1H3,(H,30,33)(H,31,35). The zero-order valence-corrected chi connectivity index (χ0v) is 21.4. The fourth-order valence-electron chi connectivity index (χ4n) is 4.19. The summed E-state index contributed by atoms with van der Waals surface area (Å²) in [6.07, 6.45) is 2.06. The quantitative estimate of drug-likeness (QED) is 0.274. The SMILES string of the molecule is Cc1ccc(Sc2ccc(C3C(c4ccccn4)NC(=S)N3CCC(=O)Nc3ccccc3)o2)cc1. The molecule has 1 amide bonds. The van der Waals surface area contributed by atoms with E-state index in [1.165, 1.54) is 5.56 Å². The molecule has 5 rings (SSSR count). The topological polar surface area (TPSA) is 70.4 Å². The third-order valence-corrected chi connectivity index (χ3v) is 7.25. The van der Waals surface area contributed by atoms with Crippen molar-refractivity contribution in [3.63, 3.8) is 0 Å². The maximum absolute atomic E-state index is 12.7. The van der Waals surface area contributed by atoms with E-state index in [0.717, 1.165) is 27.1 Å². The summed E-state index contributed by atoms with van der Waals surface area (Å²) in [6.45, 7) is 2.52. The lowest BCUT2D eigenvalue weighted by atomic mass is 10.0. The summed E-state index contributed by atoms with van der Waals surface area (Å²) < 4.78 is 6.33. The molecule has 3 heterocycles. The van der Waals surface area contributed by atoms with Crippen molar-refractivity contribution in [2.45, 2.75) is 35.4 Å². The molecule has 0 aliphatic carbocycles. The Balaban J connectivity index is 1.36. The first-order valence-electron chi connectivity index (χ1n) is 11.7. The van der Waals surface area contributed by atoms with Crippen LogP contribution in [0.2, 0.25) is 0 Å². The molecule has 2 N–H and O–H groups in total. The lowest BCUT2D eigenvalue weighted by molar-refractivity contribution is -0.116. The number of carbonyl (C=O) groups excluding carboxylic acids is 1. The largest absolute Gasteiger partial charge is 0.452 e. The number of carbonyl (C=O) groups is 1. The van der Waals surface area contributed by atoms with Gasteiger partial charge in [0, 0.05) is 29.7 Å². The highest BCUT2D eigenvalue weighted by Gasteiger charge is 2.41. The molecule has 1 saturated heterocycles. The maximum Gasteiger partial charge on any atom is 0.226 e. The number of anilines is 1. The predicted molar refractivity (Wildman–Crippen MR) is 146 cm³/mol. The lowest BCUT2D eigenvalue weighted by Crippen LogP contribution is -2.32. The minimum atomic E-state index is -0.232. The third kappa shape index (κ3) is 5.61. The summed E-state index contributed by atoms with van der Waals surface area (Å²) in [6, 6.07) is 27.2. The van der Waals surface area contributed by atoms with Crippen LogP contribution in [0.3, 0.4) is 0 Å². The Bertz CT molecular complexity index is 1330. The number of pyridine rings is 1. The van der Waals surface area contributed by atoms with Gasteiger partial charge in [0.1, 0.15) is 11.8 Å². The van der Waals surface area contributed by atoms with Gasteiger partial charge in [-0.25, -0.2) is 0 Å². The molecule has 1 aliphatic heterocycles. The number of hydrogen-bond acceptors (Lipinski definition) is 5. The van der Waals surface area contributed by atoms with Crippen LogP contribution >= 0.6 is 24.0 Å². The van der Waals surface area contributed by atoms with Gasteiger partial charge in [0.25, 0.3) is 0 Å². The summed E-state index contributed by atoms with van der Waals surface area (Å²) in [5.41, 5.74) is 2.86. The van der Waals surface area contributed by atoms with Crippen molar-refractivity contribution >= 4 is 40.7 Å². The van der Waals surface area contributed by atoms with Crippen molar-refractivity contribution in [3.05, 3.63) is 108 Å². The van der Waals surface area contributed by atoms with Crippen LogP contribution in [-0.4, -0.2) is 27.4 Å². The monoisotopic (exact) mass is 514 g/mol. The number of aryl methyl sites for hydroxylation is 1. The van der Waals surface area contributed by atoms with E-state index in [1.54, 1.807) is 18.0 Å². The number of nitrogens with zero attached hydrogens (tertiary/aromatic N) is 2. The van der Waals surface area contributed by atoms with Crippen molar-refractivity contribution in [2.75, 3.05) is 11.9 Å². The van der Waals surface area contributed by atoms with E-state index in [9.17, 15) is 4.79 Å². The molecule has 0 radical (unpaired) electrons. The number of furan rings is 1. The second kappa shape index (κ2) is 11.0. The highest BCUT2D eigenvalue weighted by molar-refractivity contribution is 7.99. The van der Waals surface area contributed by atoms with E-state index >= 15 is 0 Å². The normalized spacial score (nSPS) is 17.1. The van der Waals surface area contributed by atoms with Gasteiger partial charge in [0.05, 0.1) is 11.7 Å². The highest BCUT2D eigenvalue weighted by atomic mass is 32.2. The van der Waals surface area contributed by atoms with Crippen LogP contribution in [0.1, 0.15) is 35.5 Å². The molecule has 8 heteroatoms. The van der Waals surface area contributed by atoms with Crippen molar-refractivity contribution in [1.29, 1.82) is 0 Å². The molecular formula is C28H26N4O2S2. The highest BCUT2D eigenvalue weighted by Crippen LogP contribution is 2.41. The first kappa shape index (κ1) is 24.1. The summed E-state index contributed by atoms with van der Waals surface area (Å²) in [5.74, 6) is 0.704. The molecule has 182 valence electrons. The van der Waals surface area contributed by atoms with E-state index in [1.807, 2.05) is 65.6 Å². The third-order valence-electron chi connectivity index (χ3n) is 5.97. The predicted octanol–water partition coefficient (Wildman–Crippen LogP) is 6.14. The summed E-state index contributed by atoms with van der Waals surface area (Å²) in [5, 5.41) is 7.72. The Kier molecular flexibility index (Phi) is 7.34. The average Bonchev–Trinajstić information content (AvgIpc) is 3.49. The van der Waals surface area contributed by atoms with Gasteiger partial charge >= 0.3 is 0 Å². The van der Waals surface area contributed by atoms with Gasteiger partial charge in [0.2, 0.25) is 5.91 Å². The summed E-state index contributed by atoms with van der Waals surface area (Å²) in [4.78, 5) is 20.4. The molecule has 0 spiro atoms. The zero-order chi connectivity index (χ0) is 24.9. The number of aromatic nitrogens is 1. The van der Waals surface area contributed by atoms with Crippen LogP contribution in [0.15, 0.2) is 106 Å². The molecule has 36 heavy (non-hydrogen) atoms. The van der Waals surface area contributed by atoms with Crippen LogP contribution in [0.4, 0.5) is 5.69 Å². The number of hydrogen-bond donors (Lipinski definition) is 2. The second-order valence-electron chi connectivity index (χ2n) is 8.56. The van der Waals surface area contributed by atoms with Crippen LogP contribution in [-0.2, 0) is 4.79 Å². The molecule has 1 aliphatic rings. The second-order valence-corrected chi connectivity index (χ2v) is 10.0. The van der Waals surface area contributed by atoms with E-state index in [-0.39, 0.29) is 24.4 Å². The molecule has 2 aromatic heterocycles. The van der Waals surface area contributed by atoms with Crippen LogP contribution in [0.25, 0.3) is 0 Å². The van der Waals surface area contributed by atoms with Gasteiger partial charge in [-0.2, -0.15) is 0 Å². The Labute approximate surface area is 220 Å². The molecule has 2 aromatic carbocycles. The van der Waals surface area contributed by atoms with E-state index in [0.29, 0.717) is 11.7 Å². The van der Waals surface area contributed by atoms with Crippen LogP contribution < -0.4 is 10.6 Å². The molecule has 1 fully saturated rings. The maximum atomic E-state index is 12.7. The number of amides is 1. The Morgan fingerprint density at radius 2 is 1.83 bits per heavy atom. The Morgan fingerprint density at radius 1 is 1.06 bits per heavy atom. The van der Waals surface area contributed by atoms with Gasteiger partial charge in [-0.1, -0.05) is 53.7 Å². The molecule has 2 unspecified atom stereocenters. The minimum absolute atomic E-state index is 0.0703. The van der Waals surface area contributed by atoms with Crippen molar-refractivity contribution in [2.24, 2.45) is 0 Å². The number of rotatable bonds is 8. The summed E-state index contributed by atoms with van der Waals surface area (Å²) >= 11 is 7.28. The van der Waals surface area contributed by atoms with Gasteiger partial charge in [-0.15, -0.1) is 0 Å². The Hall–Kier alpha value is -3.62. The van der Waals surface area contributed by atoms with Gasteiger partial charge in [-0.05, 0) is 67.7 Å². The molecule has 4 aromatic rings. The fraction of sp³-hybridized carbons (Fsp3) is 0.179. The fourth-order valence-corrected chi connectivity index (χ4v) is 5.30. The number of nitrogens with one attached hydrogen (secondary N) is 2. The molecule has 0 saturated carbocycles. The van der Waals surface area contributed by atoms with Crippen LogP contribution in [0, 0.1) is 6.92 Å². The number of para-hydroxylation sites is 1. The summed E-state index contributed by atoms with van der Waals surface area (Å²) in [7, 11) is 0. The minimum Gasteiger partial charge on any atom is -0.452 e. The smallest absolute Gasteiger partial charge is 0.226 e.